The standard InChI is InChI=1S/C28H53NO2Si2/c1-23(2)31-26-21-24(3)22-28(16-13-20-32(7,8)9)25(26)15-12-17-29(28)18-14-19-30-33(10,11)27(4,5)6/h23-24H,12,14-19,21-22H2,1-11H3/t24-,28-/m1/s1. The Balaban J connectivity index is 2.29. The maximum absolute atomic E-state index is 6.53. The van der Waals surface area contributed by atoms with Gasteiger partial charge in [-0.25, -0.2) is 0 Å². The second-order valence-electron chi connectivity index (χ2n) is 13.4. The number of hydrogen-bond acceptors (Lipinski definition) is 3. The lowest BCUT2D eigenvalue weighted by atomic mass is 9.68. The molecule has 0 unspecified atom stereocenters. The third-order valence-corrected chi connectivity index (χ3v) is 13.1. The molecule has 0 N–H and O–H groups in total. The first-order valence-electron chi connectivity index (χ1n) is 13.4. The van der Waals surface area contributed by atoms with Gasteiger partial charge in [0.05, 0.1) is 17.4 Å². The van der Waals surface area contributed by atoms with Crippen LogP contribution in [0.2, 0.25) is 37.8 Å². The minimum Gasteiger partial charge on any atom is -0.495 e. The van der Waals surface area contributed by atoms with Gasteiger partial charge >= 0.3 is 0 Å². The Morgan fingerprint density at radius 2 is 1.82 bits per heavy atom. The fourth-order valence-electron chi connectivity index (χ4n) is 5.10. The van der Waals surface area contributed by atoms with Gasteiger partial charge in [0.15, 0.2) is 8.32 Å². The maximum atomic E-state index is 6.53. The Morgan fingerprint density at radius 3 is 2.39 bits per heavy atom. The molecule has 0 radical (unpaired) electrons. The zero-order chi connectivity index (χ0) is 25.1. The Labute approximate surface area is 208 Å². The molecule has 0 aromatic heterocycles. The Hall–Kier alpha value is -0.546. The Morgan fingerprint density at radius 1 is 1.15 bits per heavy atom. The van der Waals surface area contributed by atoms with E-state index in [1.807, 2.05) is 0 Å². The van der Waals surface area contributed by atoms with Crippen molar-refractivity contribution in [1.29, 1.82) is 0 Å². The van der Waals surface area contributed by atoms with Crippen LogP contribution < -0.4 is 0 Å². The van der Waals surface area contributed by atoms with E-state index in [0.29, 0.717) is 5.92 Å². The molecule has 1 aliphatic carbocycles. The fourth-order valence-corrected chi connectivity index (χ4v) is 6.81. The van der Waals surface area contributed by atoms with Crippen molar-refractivity contribution in [3.05, 3.63) is 11.3 Å². The number of allylic oxidation sites excluding steroid dienone is 1. The lowest BCUT2D eigenvalue weighted by molar-refractivity contribution is 0.0335. The fraction of sp³-hybridized carbons (Fsp3) is 0.857. The third-order valence-electron chi connectivity index (χ3n) is 7.64. The minimum atomic E-state index is -1.69. The normalized spacial score (nSPS) is 25.0. The molecule has 2 aliphatic rings. The van der Waals surface area contributed by atoms with E-state index in [4.69, 9.17) is 9.16 Å². The second-order valence-corrected chi connectivity index (χ2v) is 23.0. The van der Waals surface area contributed by atoms with E-state index in [0.717, 1.165) is 32.4 Å². The minimum absolute atomic E-state index is 0.0454. The van der Waals surface area contributed by atoms with E-state index in [1.54, 1.807) is 5.57 Å². The number of rotatable bonds is 8. The predicted molar refractivity (Wildman–Crippen MR) is 149 cm³/mol. The van der Waals surface area contributed by atoms with Crippen LogP contribution in [0.1, 0.15) is 80.1 Å². The highest BCUT2D eigenvalue weighted by molar-refractivity contribution is 6.83. The van der Waals surface area contributed by atoms with E-state index in [2.05, 4.69) is 90.6 Å². The second kappa shape index (κ2) is 11.0. The van der Waals surface area contributed by atoms with Gasteiger partial charge in [0, 0.05) is 26.0 Å². The van der Waals surface area contributed by atoms with E-state index in [1.165, 1.54) is 31.6 Å². The van der Waals surface area contributed by atoms with Gasteiger partial charge in [-0.05, 0) is 75.7 Å². The summed E-state index contributed by atoms with van der Waals surface area (Å²) in [4.78, 5) is 2.78. The van der Waals surface area contributed by atoms with Crippen molar-refractivity contribution in [3.63, 3.8) is 0 Å². The number of piperidine rings is 1. The number of nitrogens with zero attached hydrogens (tertiary/aromatic N) is 1. The molecule has 3 nitrogen and oxygen atoms in total. The van der Waals surface area contributed by atoms with Crippen LogP contribution in [0.15, 0.2) is 11.3 Å². The van der Waals surface area contributed by atoms with Gasteiger partial charge in [-0.1, -0.05) is 47.3 Å². The van der Waals surface area contributed by atoms with Crippen molar-refractivity contribution in [1.82, 2.24) is 4.90 Å². The highest BCUT2D eigenvalue weighted by Gasteiger charge is 2.47. The number of hydrogen-bond donors (Lipinski definition) is 0. The molecule has 1 heterocycles. The molecule has 0 aromatic carbocycles. The summed E-state index contributed by atoms with van der Waals surface area (Å²) in [5.41, 5.74) is 5.28. The first-order valence-corrected chi connectivity index (χ1v) is 19.8. The molecule has 33 heavy (non-hydrogen) atoms. The molecule has 1 fully saturated rings. The van der Waals surface area contributed by atoms with Gasteiger partial charge in [0.25, 0.3) is 0 Å². The quantitative estimate of drug-likeness (QED) is 0.198. The van der Waals surface area contributed by atoms with Crippen LogP contribution in [0.25, 0.3) is 0 Å². The first kappa shape index (κ1) is 28.7. The van der Waals surface area contributed by atoms with Crippen molar-refractivity contribution < 1.29 is 9.16 Å². The van der Waals surface area contributed by atoms with Crippen molar-refractivity contribution in [2.24, 2.45) is 5.92 Å². The lowest BCUT2D eigenvalue weighted by Gasteiger charge is -2.53. The third kappa shape index (κ3) is 7.72. The van der Waals surface area contributed by atoms with Crippen molar-refractivity contribution in [3.8, 4) is 11.5 Å². The van der Waals surface area contributed by atoms with Gasteiger partial charge < -0.3 is 9.16 Å². The SMILES string of the molecule is CC(C)OC1=C2CCCN(CCCO[Si](C)(C)C(C)(C)C)[C@]2(CC#C[Si](C)(C)C)C[C@H](C)C1. The van der Waals surface area contributed by atoms with Crippen LogP contribution in [-0.4, -0.2) is 52.6 Å². The summed E-state index contributed by atoms with van der Waals surface area (Å²) in [6.45, 7) is 28.6. The summed E-state index contributed by atoms with van der Waals surface area (Å²) in [7, 11) is -3.09. The molecule has 1 aliphatic heterocycles. The molecular formula is C28H53NO2Si2. The summed E-state index contributed by atoms with van der Waals surface area (Å²) < 4.78 is 13.0. The predicted octanol–water partition coefficient (Wildman–Crippen LogP) is 7.61. The molecular weight excluding hydrogens is 438 g/mol. The van der Waals surface area contributed by atoms with Crippen LogP contribution in [0.4, 0.5) is 0 Å². The summed E-state index contributed by atoms with van der Waals surface area (Å²) in [6, 6.07) is 0. The topological polar surface area (TPSA) is 21.7 Å². The number of fused-ring (bicyclic) bond motifs is 1. The molecule has 2 rings (SSSR count). The highest BCUT2D eigenvalue weighted by Crippen LogP contribution is 2.48. The molecule has 5 heteroatoms. The molecule has 0 aromatic rings. The smallest absolute Gasteiger partial charge is 0.191 e. The summed E-state index contributed by atoms with van der Waals surface area (Å²) in [6.07, 6.45) is 6.96. The average molecular weight is 492 g/mol. The van der Waals surface area contributed by atoms with Gasteiger partial charge in [0.2, 0.25) is 0 Å². The Kier molecular flexibility index (Phi) is 9.58. The highest BCUT2D eigenvalue weighted by atomic mass is 28.4. The monoisotopic (exact) mass is 491 g/mol. The molecule has 0 amide bonds. The zero-order valence-electron chi connectivity index (χ0n) is 23.8. The van der Waals surface area contributed by atoms with Crippen LogP contribution in [0.5, 0.6) is 0 Å². The van der Waals surface area contributed by atoms with Gasteiger partial charge in [-0.15, -0.1) is 11.5 Å². The maximum Gasteiger partial charge on any atom is 0.191 e. The molecule has 190 valence electrons. The average Bonchev–Trinajstić information content (AvgIpc) is 2.63. The first-order chi connectivity index (χ1) is 15.1. The van der Waals surface area contributed by atoms with Crippen molar-refractivity contribution in [2.75, 3.05) is 19.7 Å². The van der Waals surface area contributed by atoms with Crippen molar-refractivity contribution >= 4 is 16.4 Å². The molecule has 2 atom stereocenters. The number of ether oxygens (including phenoxy) is 1. The van der Waals surface area contributed by atoms with Gasteiger partial charge in [-0.2, -0.15) is 0 Å². The van der Waals surface area contributed by atoms with E-state index < -0.39 is 16.4 Å². The van der Waals surface area contributed by atoms with E-state index >= 15 is 0 Å². The largest absolute Gasteiger partial charge is 0.495 e. The molecule has 0 saturated carbocycles. The summed E-state index contributed by atoms with van der Waals surface area (Å²) >= 11 is 0. The number of likely N-dealkylation sites (tertiary alicyclic amines) is 1. The van der Waals surface area contributed by atoms with Gasteiger partial charge in [0.1, 0.15) is 8.07 Å². The van der Waals surface area contributed by atoms with Crippen LogP contribution >= 0.6 is 0 Å². The molecule has 1 saturated heterocycles. The Bertz CT molecular complexity index is 749. The van der Waals surface area contributed by atoms with Crippen molar-refractivity contribution in [2.45, 2.75) is 129 Å². The molecule has 0 spiro atoms. The lowest BCUT2D eigenvalue weighted by Crippen LogP contribution is -2.56. The summed E-state index contributed by atoms with van der Waals surface area (Å²) in [5, 5.41) is 0.267. The molecule has 0 bridgehead atoms. The van der Waals surface area contributed by atoms with E-state index in [-0.39, 0.29) is 16.7 Å². The zero-order valence-corrected chi connectivity index (χ0v) is 25.8. The summed E-state index contributed by atoms with van der Waals surface area (Å²) in [5.74, 6) is 5.60. The van der Waals surface area contributed by atoms with E-state index in [9.17, 15) is 0 Å². The van der Waals surface area contributed by atoms with Gasteiger partial charge in [-0.3, -0.25) is 4.90 Å². The van der Waals surface area contributed by atoms with Crippen LogP contribution in [-0.2, 0) is 9.16 Å². The van der Waals surface area contributed by atoms with Crippen LogP contribution in [0, 0.1) is 17.4 Å². The van der Waals surface area contributed by atoms with Crippen LogP contribution in [0.3, 0.4) is 0 Å².